The fourth-order valence-electron chi connectivity index (χ4n) is 14.3. The van der Waals surface area contributed by atoms with Crippen LogP contribution < -0.4 is 14.4 Å². The van der Waals surface area contributed by atoms with Crippen molar-refractivity contribution in [3.63, 3.8) is 0 Å². The summed E-state index contributed by atoms with van der Waals surface area (Å²) in [7, 11) is 0. The fraction of sp³-hybridized carbons (Fsp3) is 0.127. The van der Waals surface area contributed by atoms with Crippen LogP contribution in [0.1, 0.15) is 79.1 Å². The van der Waals surface area contributed by atoms with E-state index in [1.165, 1.54) is 122 Å². The van der Waals surface area contributed by atoms with Crippen LogP contribution in [0.5, 0.6) is 23.0 Å². The van der Waals surface area contributed by atoms with Crippen LogP contribution in [-0.2, 0) is 16.2 Å². The van der Waals surface area contributed by atoms with Gasteiger partial charge in [-0.05, 0) is 138 Å². The van der Waals surface area contributed by atoms with Crippen LogP contribution in [0, 0.1) is 0 Å². The SMILES string of the molecule is CCN1c2ccccc2C2(c3ccccc3-c3c(-c4c5cccc(-c6cccc7c6C(C)(C)c6ccccc6O7)c5cc5c(-c6cccc7c6C(C)(C)c6ccccc6O7)cccc45)cccc32)c2ccccc21. The summed E-state index contributed by atoms with van der Waals surface area (Å²) in [6.07, 6.45) is 0. The molecule has 0 aromatic heterocycles. The highest BCUT2D eigenvalue weighted by Crippen LogP contribution is 2.65. The lowest BCUT2D eigenvalue weighted by molar-refractivity contribution is 0.418. The fourth-order valence-corrected chi connectivity index (χ4v) is 14.3. The molecule has 3 nitrogen and oxygen atoms in total. The second kappa shape index (κ2) is 15.4. The Bertz CT molecular complexity index is 4000. The molecule has 3 aliphatic heterocycles. The van der Waals surface area contributed by atoms with Gasteiger partial charge in [-0.1, -0.05) is 204 Å². The lowest BCUT2D eigenvalue weighted by Gasteiger charge is -2.44. The number of para-hydroxylation sites is 4. The Hall–Kier alpha value is -8.66. The second-order valence-corrected chi connectivity index (χ2v) is 21.7. The molecular weight excluding hydrogens is 899 g/mol. The monoisotopic (exact) mass is 951 g/mol. The zero-order chi connectivity index (χ0) is 49.7. The van der Waals surface area contributed by atoms with Crippen molar-refractivity contribution in [2.45, 2.75) is 50.9 Å². The first-order valence-electron chi connectivity index (χ1n) is 26.2. The maximum absolute atomic E-state index is 6.81. The van der Waals surface area contributed by atoms with Crippen molar-refractivity contribution in [3.05, 3.63) is 263 Å². The van der Waals surface area contributed by atoms with E-state index in [1.54, 1.807) is 0 Å². The largest absolute Gasteiger partial charge is 0.457 e. The number of fused-ring (bicyclic) bond motifs is 15. The molecule has 11 aromatic carbocycles. The van der Waals surface area contributed by atoms with Crippen molar-refractivity contribution in [1.82, 2.24) is 0 Å². The van der Waals surface area contributed by atoms with Crippen LogP contribution in [-0.4, -0.2) is 6.54 Å². The van der Waals surface area contributed by atoms with Crippen molar-refractivity contribution in [3.8, 4) is 67.5 Å². The molecule has 0 bridgehead atoms. The summed E-state index contributed by atoms with van der Waals surface area (Å²) in [5, 5.41) is 4.81. The molecule has 1 spiro atoms. The molecule has 11 aromatic rings. The summed E-state index contributed by atoms with van der Waals surface area (Å²) in [5.41, 5.74) is 21.1. The highest BCUT2D eigenvalue weighted by Gasteiger charge is 2.52. The zero-order valence-electron chi connectivity index (χ0n) is 42.3. The first-order valence-corrected chi connectivity index (χ1v) is 26.2. The molecule has 4 aliphatic rings. The topological polar surface area (TPSA) is 21.7 Å². The van der Waals surface area contributed by atoms with Crippen molar-refractivity contribution in [2.75, 3.05) is 11.4 Å². The molecular formula is C71H53NO2. The van der Waals surface area contributed by atoms with E-state index in [1.807, 2.05) is 0 Å². The first kappa shape index (κ1) is 43.0. The lowest BCUT2D eigenvalue weighted by atomic mass is 9.64. The van der Waals surface area contributed by atoms with Gasteiger partial charge in [0.25, 0.3) is 0 Å². The summed E-state index contributed by atoms with van der Waals surface area (Å²) in [4.78, 5) is 2.50. The minimum Gasteiger partial charge on any atom is -0.457 e. The third-order valence-electron chi connectivity index (χ3n) is 17.3. The van der Waals surface area contributed by atoms with E-state index in [0.29, 0.717) is 0 Å². The predicted octanol–water partition coefficient (Wildman–Crippen LogP) is 18.7. The number of rotatable bonds is 4. The molecule has 1 aliphatic carbocycles. The molecule has 0 fully saturated rings. The highest BCUT2D eigenvalue weighted by atomic mass is 16.5. The average molecular weight is 952 g/mol. The molecule has 3 heterocycles. The van der Waals surface area contributed by atoms with E-state index >= 15 is 0 Å². The average Bonchev–Trinajstić information content (AvgIpc) is 3.91. The number of ether oxygens (including phenoxy) is 2. The van der Waals surface area contributed by atoms with Crippen molar-refractivity contribution >= 4 is 32.9 Å². The smallest absolute Gasteiger partial charge is 0.132 e. The van der Waals surface area contributed by atoms with Crippen molar-refractivity contribution in [2.24, 2.45) is 0 Å². The number of nitrogens with zero attached hydrogens (tertiary/aromatic N) is 1. The molecule has 0 atom stereocenters. The van der Waals surface area contributed by atoms with Crippen LogP contribution in [0.2, 0.25) is 0 Å². The molecule has 0 amide bonds. The maximum Gasteiger partial charge on any atom is 0.132 e. The minimum absolute atomic E-state index is 0.336. The molecule has 0 radical (unpaired) electrons. The number of benzene rings is 11. The quantitative estimate of drug-likeness (QED) is 0.164. The van der Waals surface area contributed by atoms with Crippen molar-refractivity contribution < 1.29 is 9.47 Å². The standard InChI is InChI=1S/C71H53NO2/c1-6-72-59-36-13-9-31-54(59)71(55-32-10-14-37-60(55)72)53-30-8-7-22-49(53)66-50(29-19-35-58(66)71)65-45-25-17-23-43(47-27-20-40-63-67(47)69(2,3)56-33-11-15-38-61(56)73-63)51(45)42-52-44(24-18-26-46(52)65)48-28-21-41-64-68(48)70(4,5)57-34-12-16-39-62(57)74-64/h7-42H,6H2,1-5H3. The highest BCUT2D eigenvalue weighted by molar-refractivity contribution is 6.21. The van der Waals surface area contributed by atoms with Gasteiger partial charge in [0.05, 0.1) is 5.41 Å². The van der Waals surface area contributed by atoms with Gasteiger partial charge in [-0.25, -0.2) is 0 Å². The molecule has 0 unspecified atom stereocenters. The van der Waals surface area contributed by atoms with E-state index in [4.69, 9.17) is 9.47 Å². The second-order valence-electron chi connectivity index (χ2n) is 21.7. The van der Waals surface area contributed by atoms with Gasteiger partial charge in [-0.15, -0.1) is 0 Å². The van der Waals surface area contributed by atoms with Crippen LogP contribution in [0.4, 0.5) is 11.4 Å². The third-order valence-corrected chi connectivity index (χ3v) is 17.3. The van der Waals surface area contributed by atoms with Gasteiger partial charge in [-0.2, -0.15) is 0 Å². The van der Waals surface area contributed by atoms with Crippen molar-refractivity contribution in [1.29, 1.82) is 0 Å². The third kappa shape index (κ3) is 5.56. The summed E-state index contributed by atoms with van der Waals surface area (Å²) in [5.74, 6) is 3.64. The normalized spacial score (nSPS) is 15.4. The van der Waals surface area contributed by atoms with E-state index in [9.17, 15) is 0 Å². The lowest BCUT2D eigenvalue weighted by Crippen LogP contribution is -2.37. The van der Waals surface area contributed by atoms with Gasteiger partial charge in [0.15, 0.2) is 0 Å². The Morgan fingerprint density at radius 1 is 0.324 bits per heavy atom. The molecule has 3 heteroatoms. The van der Waals surface area contributed by atoms with E-state index in [2.05, 4.69) is 258 Å². The van der Waals surface area contributed by atoms with Crippen LogP contribution in [0.3, 0.4) is 0 Å². The predicted molar refractivity (Wildman–Crippen MR) is 305 cm³/mol. The van der Waals surface area contributed by atoms with Gasteiger partial charge in [0, 0.05) is 51.0 Å². The van der Waals surface area contributed by atoms with Crippen LogP contribution >= 0.6 is 0 Å². The van der Waals surface area contributed by atoms with Gasteiger partial charge in [0.2, 0.25) is 0 Å². The Labute approximate surface area is 432 Å². The Kier molecular flexibility index (Phi) is 8.96. The van der Waals surface area contributed by atoms with Gasteiger partial charge < -0.3 is 14.4 Å². The number of hydrogen-bond acceptors (Lipinski definition) is 3. The minimum atomic E-state index is -0.548. The van der Waals surface area contributed by atoms with E-state index < -0.39 is 5.41 Å². The van der Waals surface area contributed by atoms with E-state index in [-0.39, 0.29) is 10.8 Å². The van der Waals surface area contributed by atoms with Crippen LogP contribution in [0.25, 0.3) is 66.1 Å². The summed E-state index contributed by atoms with van der Waals surface area (Å²) >= 11 is 0. The zero-order valence-corrected chi connectivity index (χ0v) is 42.3. The molecule has 74 heavy (non-hydrogen) atoms. The molecule has 0 saturated heterocycles. The molecule has 15 rings (SSSR count). The molecule has 354 valence electrons. The number of anilines is 2. The number of hydrogen-bond donors (Lipinski definition) is 0. The van der Waals surface area contributed by atoms with Gasteiger partial charge in [0.1, 0.15) is 23.0 Å². The Morgan fingerprint density at radius 2 is 0.716 bits per heavy atom. The molecule has 0 saturated carbocycles. The van der Waals surface area contributed by atoms with Gasteiger partial charge in [-0.3, -0.25) is 0 Å². The maximum atomic E-state index is 6.81. The summed E-state index contributed by atoms with van der Waals surface area (Å²) in [6, 6.07) is 81.4. The summed E-state index contributed by atoms with van der Waals surface area (Å²) < 4.78 is 13.6. The molecule has 0 N–H and O–H groups in total. The Balaban J connectivity index is 1.07. The van der Waals surface area contributed by atoms with Crippen LogP contribution in [0.15, 0.2) is 218 Å². The first-order chi connectivity index (χ1) is 36.2. The van der Waals surface area contributed by atoms with Gasteiger partial charge >= 0.3 is 0 Å². The van der Waals surface area contributed by atoms with E-state index in [0.717, 1.165) is 29.5 Å². The summed E-state index contributed by atoms with van der Waals surface area (Å²) in [6.45, 7) is 12.5. The Morgan fingerprint density at radius 3 is 1.26 bits per heavy atom.